The summed E-state index contributed by atoms with van der Waals surface area (Å²) in [4.78, 5) is 24.1. The molecular weight excluding hydrogens is 354 g/mol. The van der Waals surface area contributed by atoms with Crippen LogP contribution in [-0.4, -0.2) is 26.3 Å². The highest BCUT2D eigenvalue weighted by molar-refractivity contribution is 7.89. The summed E-state index contributed by atoms with van der Waals surface area (Å²) in [6, 6.07) is 15.3. The topological polar surface area (TPSA) is 116 Å². The number of amides is 2. The van der Waals surface area contributed by atoms with Crippen LogP contribution in [0.3, 0.4) is 0 Å². The first-order valence-electron chi connectivity index (χ1n) is 7.70. The van der Waals surface area contributed by atoms with Crippen LogP contribution in [0.4, 0.5) is 0 Å². The molecule has 0 saturated heterocycles. The molecule has 0 fully saturated rings. The maximum Gasteiger partial charge on any atom is 0.255 e. The zero-order chi connectivity index (χ0) is 19.2. The largest absolute Gasteiger partial charge is 0.340 e. The van der Waals surface area contributed by atoms with E-state index in [1.165, 1.54) is 19.1 Å². The summed E-state index contributed by atoms with van der Waals surface area (Å²) in [5.41, 5.74) is 0.866. The van der Waals surface area contributed by atoms with Crippen molar-refractivity contribution in [3.63, 3.8) is 0 Å². The Labute approximate surface area is 151 Å². The summed E-state index contributed by atoms with van der Waals surface area (Å²) in [7, 11) is -4.01. The van der Waals surface area contributed by atoms with Gasteiger partial charge in [0.15, 0.2) is 0 Å². The lowest BCUT2D eigenvalue weighted by atomic mass is 10.1. The van der Waals surface area contributed by atoms with Crippen molar-refractivity contribution in [1.29, 1.82) is 5.26 Å². The zero-order valence-electron chi connectivity index (χ0n) is 14.0. The van der Waals surface area contributed by atoms with Gasteiger partial charge in [-0.25, -0.2) is 8.42 Å². The predicted molar refractivity (Wildman–Crippen MR) is 95.3 cm³/mol. The van der Waals surface area contributed by atoms with Gasteiger partial charge >= 0.3 is 0 Å². The number of rotatable bonds is 6. The van der Waals surface area contributed by atoms with Crippen LogP contribution in [0.15, 0.2) is 54.6 Å². The molecule has 0 aliphatic rings. The third-order valence-corrected chi connectivity index (χ3v) is 4.72. The van der Waals surface area contributed by atoms with Crippen molar-refractivity contribution >= 4 is 21.8 Å². The Bertz CT molecular complexity index is 950. The molecule has 0 aliphatic carbocycles. The molecule has 0 heterocycles. The highest BCUT2D eigenvalue weighted by Gasteiger charge is 2.22. The van der Waals surface area contributed by atoms with E-state index >= 15 is 0 Å². The fourth-order valence-corrected chi connectivity index (χ4v) is 3.39. The van der Waals surface area contributed by atoms with Gasteiger partial charge in [0.25, 0.3) is 11.8 Å². The SMILES string of the molecule is CC(NC(=O)c1ccccc1)C(=O)NS(=O)(=O)Cc1ccccc1C#N. The second-order valence-corrected chi connectivity index (χ2v) is 7.28. The second-order valence-electron chi connectivity index (χ2n) is 5.56. The van der Waals surface area contributed by atoms with Crippen LogP contribution in [0.25, 0.3) is 0 Å². The number of carbonyl (C=O) groups is 2. The van der Waals surface area contributed by atoms with Gasteiger partial charge in [-0.05, 0) is 30.7 Å². The van der Waals surface area contributed by atoms with E-state index in [-0.39, 0.29) is 11.1 Å². The Hall–Kier alpha value is -3.18. The molecule has 0 saturated carbocycles. The summed E-state index contributed by atoms with van der Waals surface area (Å²) in [5.74, 6) is -1.86. The van der Waals surface area contributed by atoms with Crippen LogP contribution in [0.1, 0.15) is 28.4 Å². The maximum atomic E-state index is 12.2. The normalized spacial score (nSPS) is 11.8. The highest BCUT2D eigenvalue weighted by atomic mass is 32.2. The smallest absolute Gasteiger partial charge is 0.255 e. The fourth-order valence-electron chi connectivity index (χ4n) is 2.17. The van der Waals surface area contributed by atoms with Crippen molar-refractivity contribution in [2.24, 2.45) is 0 Å². The first-order valence-corrected chi connectivity index (χ1v) is 9.36. The molecule has 0 aliphatic heterocycles. The number of hydrogen-bond acceptors (Lipinski definition) is 5. The summed E-state index contributed by atoms with van der Waals surface area (Å²) in [5, 5.41) is 11.5. The average molecular weight is 371 g/mol. The third-order valence-electron chi connectivity index (χ3n) is 3.52. The molecule has 1 unspecified atom stereocenters. The summed E-state index contributed by atoms with van der Waals surface area (Å²) in [6.07, 6.45) is 0. The molecule has 2 amide bonds. The molecule has 26 heavy (non-hydrogen) atoms. The Kier molecular flexibility index (Phi) is 6.09. The Balaban J connectivity index is 2.01. The number of sulfonamides is 1. The average Bonchev–Trinajstić information content (AvgIpc) is 2.62. The van der Waals surface area contributed by atoms with Gasteiger partial charge in [-0.15, -0.1) is 0 Å². The molecular formula is C18H17N3O4S. The van der Waals surface area contributed by atoms with E-state index in [9.17, 15) is 18.0 Å². The van der Waals surface area contributed by atoms with Crippen LogP contribution >= 0.6 is 0 Å². The summed E-state index contributed by atoms with van der Waals surface area (Å²) < 4.78 is 26.3. The van der Waals surface area contributed by atoms with Gasteiger partial charge in [0.05, 0.1) is 17.4 Å². The first-order chi connectivity index (χ1) is 12.3. The van der Waals surface area contributed by atoms with Crippen LogP contribution in [-0.2, 0) is 20.6 Å². The molecule has 7 nitrogen and oxygen atoms in total. The van der Waals surface area contributed by atoms with Gasteiger partial charge in [-0.2, -0.15) is 5.26 Å². The minimum atomic E-state index is -4.01. The second kappa shape index (κ2) is 8.27. The highest BCUT2D eigenvalue weighted by Crippen LogP contribution is 2.11. The van der Waals surface area contributed by atoms with E-state index in [0.717, 1.165) is 0 Å². The van der Waals surface area contributed by atoms with Crippen molar-refractivity contribution in [1.82, 2.24) is 10.0 Å². The van der Waals surface area contributed by atoms with Crippen molar-refractivity contribution in [3.8, 4) is 6.07 Å². The molecule has 1 atom stereocenters. The Morgan fingerprint density at radius 1 is 1.08 bits per heavy atom. The van der Waals surface area contributed by atoms with E-state index in [4.69, 9.17) is 5.26 Å². The number of nitriles is 1. The van der Waals surface area contributed by atoms with Crippen molar-refractivity contribution in [3.05, 3.63) is 71.3 Å². The van der Waals surface area contributed by atoms with Crippen molar-refractivity contribution < 1.29 is 18.0 Å². The monoisotopic (exact) mass is 371 g/mol. The van der Waals surface area contributed by atoms with Crippen LogP contribution in [0.5, 0.6) is 0 Å². The lowest BCUT2D eigenvalue weighted by Gasteiger charge is -2.14. The molecule has 2 aromatic carbocycles. The van der Waals surface area contributed by atoms with E-state index < -0.39 is 33.6 Å². The molecule has 0 aromatic heterocycles. The molecule has 2 N–H and O–H groups in total. The number of carbonyl (C=O) groups excluding carboxylic acids is 2. The molecule has 8 heteroatoms. The molecule has 2 rings (SSSR count). The fraction of sp³-hybridized carbons (Fsp3) is 0.167. The van der Waals surface area contributed by atoms with Gasteiger partial charge in [0, 0.05) is 5.56 Å². The molecule has 134 valence electrons. The van der Waals surface area contributed by atoms with E-state index in [1.807, 2.05) is 10.8 Å². The van der Waals surface area contributed by atoms with Crippen LogP contribution < -0.4 is 10.0 Å². The third kappa shape index (κ3) is 5.16. The molecule has 2 aromatic rings. The lowest BCUT2D eigenvalue weighted by Crippen LogP contribution is -2.46. The standard InChI is InChI=1S/C18H17N3O4S/c1-13(20-18(23)14-7-3-2-4-8-14)17(22)21-26(24,25)12-16-10-6-5-9-15(16)11-19/h2-10,13H,12H2,1H3,(H,20,23)(H,21,22). The molecule has 0 spiro atoms. The minimum Gasteiger partial charge on any atom is -0.340 e. The van der Waals surface area contributed by atoms with Gasteiger partial charge < -0.3 is 5.32 Å². The van der Waals surface area contributed by atoms with Crippen molar-refractivity contribution in [2.75, 3.05) is 0 Å². The number of nitrogens with zero attached hydrogens (tertiary/aromatic N) is 1. The van der Waals surface area contributed by atoms with Crippen LogP contribution in [0, 0.1) is 11.3 Å². The van der Waals surface area contributed by atoms with E-state index in [2.05, 4.69) is 5.32 Å². The van der Waals surface area contributed by atoms with Crippen molar-refractivity contribution in [2.45, 2.75) is 18.7 Å². The van der Waals surface area contributed by atoms with Crippen LogP contribution in [0.2, 0.25) is 0 Å². The lowest BCUT2D eigenvalue weighted by molar-refractivity contribution is -0.120. The zero-order valence-corrected chi connectivity index (χ0v) is 14.8. The van der Waals surface area contributed by atoms with Gasteiger partial charge in [0.2, 0.25) is 10.0 Å². The van der Waals surface area contributed by atoms with E-state index in [0.29, 0.717) is 5.56 Å². The Morgan fingerprint density at radius 3 is 2.35 bits per heavy atom. The van der Waals surface area contributed by atoms with Gasteiger partial charge in [-0.1, -0.05) is 36.4 Å². The number of nitrogens with one attached hydrogen (secondary N) is 2. The quantitative estimate of drug-likeness (QED) is 0.794. The van der Waals surface area contributed by atoms with Gasteiger partial charge in [0.1, 0.15) is 6.04 Å². The molecule has 0 radical (unpaired) electrons. The summed E-state index contributed by atoms with van der Waals surface area (Å²) >= 11 is 0. The summed E-state index contributed by atoms with van der Waals surface area (Å²) in [6.45, 7) is 1.38. The minimum absolute atomic E-state index is 0.218. The maximum absolute atomic E-state index is 12.2. The van der Waals surface area contributed by atoms with Gasteiger partial charge in [-0.3, -0.25) is 14.3 Å². The number of hydrogen-bond donors (Lipinski definition) is 2. The predicted octanol–water partition coefficient (Wildman–Crippen LogP) is 1.32. The first kappa shape index (κ1) is 19.1. The van der Waals surface area contributed by atoms with E-state index in [1.54, 1.807) is 42.5 Å². The number of benzene rings is 2. The molecule has 0 bridgehead atoms. The Morgan fingerprint density at radius 2 is 1.69 bits per heavy atom.